The number of benzene rings is 2. The molecule has 0 heterocycles. The largest absolute Gasteiger partial charge is 0.351 e. The van der Waals surface area contributed by atoms with Crippen molar-refractivity contribution in [3.63, 3.8) is 0 Å². The van der Waals surface area contributed by atoms with Gasteiger partial charge in [0.25, 0.3) is 5.91 Å². The third-order valence-electron chi connectivity index (χ3n) is 3.42. The molecule has 3 nitrogen and oxygen atoms in total. The molecule has 0 radical (unpaired) electrons. The summed E-state index contributed by atoms with van der Waals surface area (Å²) in [6.07, 6.45) is 0. The summed E-state index contributed by atoms with van der Waals surface area (Å²) in [6, 6.07) is 10.7. The Kier molecular flexibility index (Phi) is 6.72. The highest BCUT2D eigenvalue weighted by Gasteiger charge is 2.09. The highest BCUT2D eigenvalue weighted by molar-refractivity contribution is 6.36. The molecule has 0 aliphatic heterocycles. The van der Waals surface area contributed by atoms with E-state index in [4.69, 9.17) is 34.8 Å². The molecule has 0 aromatic heterocycles. The molecule has 2 rings (SSSR count). The standard InChI is InChI=1S/C17H17Cl3N2O/c1-11-14(18)7-6-12(16(11)20)10-21-8-9-22-17(23)13-4-2-3-5-15(13)19/h2-7,21H,8-10H2,1H3,(H,22,23). The van der Waals surface area contributed by atoms with Crippen molar-refractivity contribution in [2.45, 2.75) is 13.5 Å². The first-order valence-corrected chi connectivity index (χ1v) is 8.31. The molecule has 0 aliphatic carbocycles. The van der Waals surface area contributed by atoms with E-state index in [1.54, 1.807) is 24.3 Å². The predicted molar refractivity (Wildman–Crippen MR) is 96.7 cm³/mol. The second kappa shape index (κ2) is 8.55. The van der Waals surface area contributed by atoms with Gasteiger partial charge in [0.2, 0.25) is 0 Å². The molecule has 1 amide bonds. The van der Waals surface area contributed by atoms with Crippen LogP contribution < -0.4 is 10.6 Å². The van der Waals surface area contributed by atoms with Gasteiger partial charge in [-0.2, -0.15) is 0 Å². The lowest BCUT2D eigenvalue weighted by molar-refractivity contribution is 0.0954. The van der Waals surface area contributed by atoms with E-state index in [1.807, 2.05) is 19.1 Å². The number of hydrogen-bond donors (Lipinski definition) is 2. The second-order valence-corrected chi connectivity index (χ2v) is 6.25. The molecule has 2 N–H and O–H groups in total. The zero-order valence-electron chi connectivity index (χ0n) is 12.6. The van der Waals surface area contributed by atoms with Gasteiger partial charge in [-0.15, -0.1) is 0 Å². The normalized spacial score (nSPS) is 10.6. The van der Waals surface area contributed by atoms with Crippen LogP contribution in [-0.4, -0.2) is 19.0 Å². The van der Waals surface area contributed by atoms with Crippen LogP contribution in [0.4, 0.5) is 0 Å². The van der Waals surface area contributed by atoms with Crippen molar-refractivity contribution in [2.24, 2.45) is 0 Å². The van der Waals surface area contributed by atoms with Crippen LogP contribution in [0.2, 0.25) is 15.1 Å². The van der Waals surface area contributed by atoms with Crippen LogP contribution in [-0.2, 0) is 6.54 Å². The van der Waals surface area contributed by atoms with Crippen molar-refractivity contribution in [1.82, 2.24) is 10.6 Å². The fraction of sp³-hybridized carbons (Fsp3) is 0.235. The van der Waals surface area contributed by atoms with Crippen LogP contribution in [0.3, 0.4) is 0 Å². The molecular weight excluding hydrogens is 355 g/mol. The van der Waals surface area contributed by atoms with Gasteiger partial charge in [0, 0.05) is 29.7 Å². The van der Waals surface area contributed by atoms with Crippen LogP contribution in [0.1, 0.15) is 21.5 Å². The van der Waals surface area contributed by atoms with E-state index in [0.717, 1.165) is 11.1 Å². The summed E-state index contributed by atoms with van der Waals surface area (Å²) < 4.78 is 0. The molecule has 0 unspecified atom stereocenters. The van der Waals surface area contributed by atoms with E-state index in [0.29, 0.717) is 40.3 Å². The Morgan fingerprint density at radius 1 is 1.00 bits per heavy atom. The average molecular weight is 372 g/mol. The zero-order chi connectivity index (χ0) is 16.8. The van der Waals surface area contributed by atoms with E-state index in [-0.39, 0.29) is 5.91 Å². The maximum atomic E-state index is 12.0. The molecule has 0 saturated heterocycles. The first-order valence-electron chi connectivity index (χ1n) is 7.17. The van der Waals surface area contributed by atoms with Gasteiger partial charge in [0.1, 0.15) is 0 Å². The molecule has 0 fully saturated rings. The number of carbonyl (C=O) groups is 1. The third-order valence-corrected chi connectivity index (χ3v) is 4.69. The van der Waals surface area contributed by atoms with Gasteiger partial charge in [-0.05, 0) is 36.2 Å². The minimum absolute atomic E-state index is 0.183. The zero-order valence-corrected chi connectivity index (χ0v) is 14.9. The predicted octanol–water partition coefficient (Wildman–Crippen LogP) is 4.47. The fourth-order valence-electron chi connectivity index (χ4n) is 2.08. The summed E-state index contributed by atoms with van der Waals surface area (Å²) >= 11 is 18.2. The lowest BCUT2D eigenvalue weighted by Gasteiger charge is -2.10. The van der Waals surface area contributed by atoms with Gasteiger partial charge >= 0.3 is 0 Å². The van der Waals surface area contributed by atoms with Crippen molar-refractivity contribution in [2.75, 3.05) is 13.1 Å². The van der Waals surface area contributed by atoms with Crippen LogP contribution >= 0.6 is 34.8 Å². The van der Waals surface area contributed by atoms with E-state index in [2.05, 4.69) is 10.6 Å². The number of amides is 1. The summed E-state index contributed by atoms with van der Waals surface area (Å²) in [5, 5.41) is 7.83. The molecule has 122 valence electrons. The second-order valence-electron chi connectivity index (χ2n) is 5.06. The molecule has 0 bridgehead atoms. The Bertz CT molecular complexity index is 704. The molecule has 0 atom stereocenters. The minimum atomic E-state index is -0.183. The topological polar surface area (TPSA) is 41.1 Å². The number of hydrogen-bond acceptors (Lipinski definition) is 2. The summed E-state index contributed by atoms with van der Waals surface area (Å²) in [4.78, 5) is 12.0. The highest BCUT2D eigenvalue weighted by atomic mass is 35.5. The Balaban J connectivity index is 1.77. The number of rotatable bonds is 6. The molecular formula is C17H17Cl3N2O. The molecule has 2 aromatic carbocycles. The summed E-state index contributed by atoms with van der Waals surface area (Å²) in [5.41, 5.74) is 2.33. The van der Waals surface area contributed by atoms with Crippen LogP contribution in [0.25, 0.3) is 0 Å². The first kappa shape index (κ1) is 18.1. The molecule has 0 saturated carbocycles. The van der Waals surface area contributed by atoms with Gasteiger partial charge in [-0.3, -0.25) is 4.79 Å². The van der Waals surface area contributed by atoms with E-state index >= 15 is 0 Å². The summed E-state index contributed by atoms with van der Waals surface area (Å²) in [5.74, 6) is -0.183. The van der Waals surface area contributed by atoms with Crippen LogP contribution in [0.15, 0.2) is 36.4 Å². The quantitative estimate of drug-likeness (QED) is 0.735. The smallest absolute Gasteiger partial charge is 0.252 e. The van der Waals surface area contributed by atoms with Crippen LogP contribution in [0, 0.1) is 6.92 Å². The number of halogens is 3. The summed E-state index contributed by atoms with van der Waals surface area (Å²) in [6.45, 7) is 3.61. The lowest BCUT2D eigenvalue weighted by Crippen LogP contribution is -2.31. The minimum Gasteiger partial charge on any atom is -0.351 e. The molecule has 0 aliphatic rings. The fourth-order valence-corrected chi connectivity index (χ4v) is 2.74. The van der Waals surface area contributed by atoms with Gasteiger partial charge in [-0.25, -0.2) is 0 Å². The molecule has 23 heavy (non-hydrogen) atoms. The van der Waals surface area contributed by atoms with E-state index in [9.17, 15) is 4.79 Å². The molecule has 0 spiro atoms. The molecule has 2 aromatic rings. The van der Waals surface area contributed by atoms with Crippen molar-refractivity contribution < 1.29 is 4.79 Å². The van der Waals surface area contributed by atoms with E-state index < -0.39 is 0 Å². The number of carbonyl (C=O) groups excluding carboxylic acids is 1. The highest BCUT2D eigenvalue weighted by Crippen LogP contribution is 2.26. The third kappa shape index (κ3) is 4.85. The summed E-state index contributed by atoms with van der Waals surface area (Å²) in [7, 11) is 0. The number of nitrogens with one attached hydrogen (secondary N) is 2. The average Bonchev–Trinajstić information content (AvgIpc) is 2.54. The van der Waals surface area contributed by atoms with Gasteiger partial charge in [0.15, 0.2) is 0 Å². The van der Waals surface area contributed by atoms with Gasteiger partial charge in [0.05, 0.1) is 10.6 Å². The van der Waals surface area contributed by atoms with Crippen molar-refractivity contribution >= 4 is 40.7 Å². The van der Waals surface area contributed by atoms with Crippen LogP contribution in [0.5, 0.6) is 0 Å². The Morgan fingerprint density at radius 2 is 1.74 bits per heavy atom. The Morgan fingerprint density at radius 3 is 2.48 bits per heavy atom. The van der Waals surface area contributed by atoms with E-state index in [1.165, 1.54) is 0 Å². The maximum Gasteiger partial charge on any atom is 0.252 e. The maximum absolute atomic E-state index is 12.0. The van der Waals surface area contributed by atoms with Gasteiger partial charge in [-0.1, -0.05) is 53.0 Å². The van der Waals surface area contributed by atoms with Crippen molar-refractivity contribution in [3.05, 3.63) is 68.2 Å². The Hall–Kier alpha value is -1.26. The first-order chi connectivity index (χ1) is 11.0. The monoisotopic (exact) mass is 370 g/mol. The Labute approximate surface area is 150 Å². The molecule has 6 heteroatoms. The van der Waals surface area contributed by atoms with Crippen molar-refractivity contribution in [3.8, 4) is 0 Å². The van der Waals surface area contributed by atoms with Crippen molar-refractivity contribution in [1.29, 1.82) is 0 Å². The lowest BCUT2D eigenvalue weighted by atomic mass is 10.1. The van der Waals surface area contributed by atoms with Gasteiger partial charge < -0.3 is 10.6 Å². The SMILES string of the molecule is Cc1c(Cl)ccc(CNCCNC(=O)c2ccccc2Cl)c1Cl.